The molecule has 6 heteroatoms. The molecule has 1 aromatic carbocycles. The van der Waals surface area contributed by atoms with Crippen LogP contribution in [0.2, 0.25) is 5.02 Å². The summed E-state index contributed by atoms with van der Waals surface area (Å²) in [6, 6.07) is 5.26. The van der Waals surface area contributed by atoms with Crippen molar-refractivity contribution in [2.75, 3.05) is 4.90 Å². The summed E-state index contributed by atoms with van der Waals surface area (Å²) in [7, 11) is 0. The second kappa shape index (κ2) is 6.40. The van der Waals surface area contributed by atoms with E-state index in [4.69, 9.17) is 11.6 Å². The zero-order valence-electron chi connectivity index (χ0n) is 14.8. The molecule has 0 fully saturated rings. The van der Waals surface area contributed by atoms with Gasteiger partial charge in [-0.15, -0.1) is 0 Å². The Balaban J connectivity index is 1.73. The minimum absolute atomic E-state index is 0.0274. The summed E-state index contributed by atoms with van der Waals surface area (Å²) in [4.78, 5) is 31.0. The van der Waals surface area contributed by atoms with Crippen molar-refractivity contribution >= 4 is 29.1 Å². The van der Waals surface area contributed by atoms with Gasteiger partial charge < -0.3 is 5.32 Å². The highest BCUT2D eigenvalue weighted by atomic mass is 35.5. The van der Waals surface area contributed by atoms with Crippen molar-refractivity contribution in [2.45, 2.75) is 45.2 Å². The number of aromatic nitrogens is 1. The normalized spacial score (nSPS) is 20.9. The molecule has 4 rings (SSSR count). The number of carbonyl (C=O) groups excluding carboxylic acids is 2. The van der Waals surface area contributed by atoms with Crippen LogP contribution in [0.3, 0.4) is 0 Å². The Morgan fingerprint density at radius 1 is 1.35 bits per heavy atom. The van der Waals surface area contributed by atoms with Crippen LogP contribution in [0.5, 0.6) is 0 Å². The molecule has 134 valence electrons. The Kier molecular flexibility index (Phi) is 4.19. The predicted molar refractivity (Wildman–Crippen MR) is 100 cm³/mol. The summed E-state index contributed by atoms with van der Waals surface area (Å²) in [5.41, 5.74) is 4.57. The molecule has 0 radical (unpaired) electrons. The average Bonchev–Trinajstić information content (AvgIpc) is 3.14. The van der Waals surface area contributed by atoms with Crippen LogP contribution < -0.4 is 10.2 Å². The standard InChI is InChI=1S/C20H20ClN3O2/c1-3-19(25)23-17-7-6-13-16(17)9-22-10-18(13)24-11(2)15-8-12(21)4-5-14(15)20(24)26/h4-5,8-11,17H,3,6-7H2,1-2H3,(H,23,25)/t11-,17+/m1/s1. The largest absolute Gasteiger partial charge is 0.349 e. The molecule has 0 unspecified atom stereocenters. The van der Waals surface area contributed by atoms with E-state index in [-0.39, 0.29) is 23.9 Å². The Bertz CT molecular complexity index is 912. The van der Waals surface area contributed by atoms with E-state index in [1.165, 1.54) is 0 Å². The van der Waals surface area contributed by atoms with E-state index in [9.17, 15) is 9.59 Å². The summed E-state index contributed by atoms with van der Waals surface area (Å²) in [6.45, 7) is 3.84. The number of benzene rings is 1. The lowest BCUT2D eigenvalue weighted by molar-refractivity contribution is -0.121. The molecule has 1 aliphatic carbocycles. The molecule has 1 aromatic heterocycles. The van der Waals surface area contributed by atoms with Gasteiger partial charge in [-0.1, -0.05) is 18.5 Å². The van der Waals surface area contributed by atoms with Crippen LogP contribution in [0, 0.1) is 0 Å². The van der Waals surface area contributed by atoms with Crippen molar-refractivity contribution in [3.63, 3.8) is 0 Å². The number of rotatable bonds is 3. The van der Waals surface area contributed by atoms with E-state index in [1.54, 1.807) is 23.2 Å². The van der Waals surface area contributed by atoms with Crippen molar-refractivity contribution < 1.29 is 9.59 Å². The summed E-state index contributed by atoms with van der Waals surface area (Å²) in [5.74, 6) is 0.00123. The van der Waals surface area contributed by atoms with Crippen LogP contribution >= 0.6 is 11.6 Å². The van der Waals surface area contributed by atoms with E-state index in [2.05, 4.69) is 10.3 Å². The third kappa shape index (κ3) is 2.58. The smallest absolute Gasteiger partial charge is 0.259 e. The zero-order valence-corrected chi connectivity index (χ0v) is 15.5. The van der Waals surface area contributed by atoms with Crippen LogP contribution in [0.25, 0.3) is 0 Å². The van der Waals surface area contributed by atoms with E-state index < -0.39 is 0 Å². The van der Waals surface area contributed by atoms with Gasteiger partial charge in [0.1, 0.15) is 0 Å². The van der Waals surface area contributed by atoms with Crippen LogP contribution in [0.4, 0.5) is 5.69 Å². The number of nitrogens with one attached hydrogen (secondary N) is 1. The maximum atomic E-state index is 13.0. The molecular formula is C20H20ClN3O2. The first-order valence-electron chi connectivity index (χ1n) is 8.90. The van der Waals surface area contributed by atoms with Gasteiger partial charge in [-0.3, -0.25) is 19.5 Å². The number of pyridine rings is 1. The minimum atomic E-state index is -0.103. The first kappa shape index (κ1) is 17.0. The molecule has 0 saturated heterocycles. The minimum Gasteiger partial charge on any atom is -0.349 e. The monoisotopic (exact) mass is 369 g/mol. The third-order valence-electron chi connectivity index (χ3n) is 5.34. The summed E-state index contributed by atoms with van der Waals surface area (Å²) < 4.78 is 0. The molecule has 26 heavy (non-hydrogen) atoms. The number of nitrogens with zero attached hydrogens (tertiary/aromatic N) is 2. The maximum Gasteiger partial charge on any atom is 0.259 e. The molecule has 2 amide bonds. The fourth-order valence-corrected chi connectivity index (χ4v) is 4.18. The van der Waals surface area contributed by atoms with Crippen molar-refractivity contribution in [3.05, 3.63) is 57.9 Å². The Morgan fingerprint density at radius 3 is 2.92 bits per heavy atom. The van der Waals surface area contributed by atoms with Crippen LogP contribution in [-0.2, 0) is 11.2 Å². The number of amides is 2. The highest BCUT2D eigenvalue weighted by molar-refractivity contribution is 6.31. The lowest BCUT2D eigenvalue weighted by Gasteiger charge is -2.24. The number of anilines is 1. The Hall–Kier alpha value is -2.40. The van der Waals surface area contributed by atoms with Crippen molar-refractivity contribution in [1.82, 2.24) is 10.3 Å². The Labute approximate surface area is 157 Å². The van der Waals surface area contributed by atoms with Crippen molar-refractivity contribution in [3.8, 4) is 0 Å². The quantitative estimate of drug-likeness (QED) is 0.890. The first-order chi connectivity index (χ1) is 12.5. The molecule has 1 N–H and O–H groups in total. The van der Waals surface area contributed by atoms with E-state index in [0.717, 1.165) is 35.2 Å². The van der Waals surface area contributed by atoms with Crippen molar-refractivity contribution in [1.29, 1.82) is 0 Å². The molecule has 2 atom stereocenters. The molecule has 2 aromatic rings. The van der Waals surface area contributed by atoms with Gasteiger partial charge in [0.15, 0.2) is 0 Å². The molecule has 0 spiro atoms. The fraction of sp³-hybridized carbons (Fsp3) is 0.350. The third-order valence-corrected chi connectivity index (χ3v) is 5.58. The van der Waals surface area contributed by atoms with Gasteiger partial charge in [0.25, 0.3) is 5.91 Å². The van der Waals surface area contributed by atoms with Gasteiger partial charge in [-0.05, 0) is 54.7 Å². The van der Waals surface area contributed by atoms with Gasteiger partial charge in [-0.2, -0.15) is 0 Å². The van der Waals surface area contributed by atoms with Gasteiger partial charge in [0.05, 0.1) is 24.0 Å². The summed E-state index contributed by atoms with van der Waals surface area (Å²) >= 11 is 6.12. The molecule has 2 heterocycles. The van der Waals surface area contributed by atoms with Gasteiger partial charge in [-0.25, -0.2) is 0 Å². The number of hydrogen-bond donors (Lipinski definition) is 1. The van der Waals surface area contributed by atoms with E-state index in [1.807, 2.05) is 26.1 Å². The molecular weight excluding hydrogens is 350 g/mol. The number of halogens is 1. The SMILES string of the molecule is CCC(=O)N[C@H]1CCc2c1cncc2N1C(=O)c2ccc(Cl)cc2[C@H]1C. The highest BCUT2D eigenvalue weighted by Gasteiger charge is 2.38. The first-order valence-corrected chi connectivity index (χ1v) is 9.28. The van der Waals surface area contributed by atoms with Gasteiger partial charge in [0, 0.05) is 23.2 Å². The predicted octanol–water partition coefficient (Wildman–Crippen LogP) is 3.97. The van der Waals surface area contributed by atoms with E-state index >= 15 is 0 Å². The van der Waals surface area contributed by atoms with Crippen molar-refractivity contribution in [2.24, 2.45) is 0 Å². The fourth-order valence-electron chi connectivity index (χ4n) is 4.00. The molecule has 0 saturated carbocycles. The topological polar surface area (TPSA) is 62.3 Å². The van der Waals surface area contributed by atoms with Crippen LogP contribution in [-0.4, -0.2) is 16.8 Å². The summed E-state index contributed by atoms with van der Waals surface area (Å²) in [5, 5.41) is 3.68. The maximum absolute atomic E-state index is 13.0. The lowest BCUT2D eigenvalue weighted by Crippen LogP contribution is -2.28. The lowest BCUT2D eigenvalue weighted by atomic mass is 10.1. The molecule has 1 aliphatic heterocycles. The second-order valence-electron chi connectivity index (χ2n) is 6.82. The molecule has 0 bridgehead atoms. The van der Waals surface area contributed by atoms with Gasteiger partial charge >= 0.3 is 0 Å². The van der Waals surface area contributed by atoms with Crippen LogP contribution in [0.1, 0.15) is 65.8 Å². The molecule has 2 aliphatic rings. The van der Waals surface area contributed by atoms with Gasteiger partial charge in [0.2, 0.25) is 5.91 Å². The summed E-state index contributed by atoms with van der Waals surface area (Å²) in [6.07, 6.45) is 5.66. The zero-order chi connectivity index (χ0) is 18.4. The molecule has 5 nitrogen and oxygen atoms in total. The number of hydrogen-bond acceptors (Lipinski definition) is 3. The number of fused-ring (bicyclic) bond motifs is 2. The average molecular weight is 370 g/mol. The Morgan fingerprint density at radius 2 is 2.15 bits per heavy atom. The number of carbonyl (C=O) groups is 2. The highest BCUT2D eigenvalue weighted by Crippen LogP contribution is 2.43. The van der Waals surface area contributed by atoms with Crippen LogP contribution in [0.15, 0.2) is 30.6 Å². The van der Waals surface area contributed by atoms with E-state index in [0.29, 0.717) is 17.0 Å². The second-order valence-corrected chi connectivity index (χ2v) is 7.26.